The highest BCUT2D eigenvalue weighted by molar-refractivity contribution is 9.11. The van der Waals surface area contributed by atoms with Crippen LogP contribution in [0.3, 0.4) is 0 Å². The van der Waals surface area contributed by atoms with Crippen LogP contribution in [0.1, 0.15) is 39.5 Å². The maximum absolute atomic E-state index is 3.69. The molecule has 1 heterocycles. The molecule has 1 N–H and O–H groups in total. The van der Waals surface area contributed by atoms with E-state index in [4.69, 9.17) is 0 Å². The van der Waals surface area contributed by atoms with Crippen LogP contribution in [0.5, 0.6) is 0 Å². The van der Waals surface area contributed by atoms with E-state index in [0.717, 1.165) is 30.7 Å². The molecular formula is C15H26BrNS. The van der Waals surface area contributed by atoms with Crippen molar-refractivity contribution in [3.63, 3.8) is 0 Å². The normalized spacial score (nSPS) is 13.8. The summed E-state index contributed by atoms with van der Waals surface area (Å²) in [6.07, 6.45) is 1.14. The number of thiophene rings is 1. The van der Waals surface area contributed by atoms with E-state index in [9.17, 15) is 0 Å². The number of hydrogen-bond acceptors (Lipinski definition) is 2. The van der Waals surface area contributed by atoms with Gasteiger partial charge in [0.15, 0.2) is 0 Å². The third-order valence-electron chi connectivity index (χ3n) is 3.52. The lowest BCUT2D eigenvalue weighted by Crippen LogP contribution is -2.42. The summed E-state index contributed by atoms with van der Waals surface area (Å²) in [6, 6.07) is 4.99. The molecule has 0 aliphatic carbocycles. The molecule has 0 bridgehead atoms. The van der Waals surface area contributed by atoms with Crippen molar-refractivity contribution in [2.75, 3.05) is 6.54 Å². The standard InChI is InChI=1S/C15H26BrNS/c1-6-17-13(15(10(2)3)11(4)5)9-12-7-8-14(16)18-12/h7-8,10-11,13,15,17H,6,9H2,1-5H3. The maximum Gasteiger partial charge on any atom is 0.0701 e. The van der Waals surface area contributed by atoms with E-state index < -0.39 is 0 Å². The molecule has 0 saturated carbocycles. The van der Waals surface area contributed by atoms with E-state index in [1.165, 1.54) is 8.66 Å². The van der Waals surface area contributed by atoms with Crippen molar-refractivity contribution in [3.8, 4) is 0 Å². The van der Waals surface area contributed by atoms with Gasteiger partial charge >= 0.3 is 0 Å². The van der Waals surface area contributed by atoms with Crippen molar-refractivity contribution in [3.05, 3.63) is 20.8 Å². The lowest BCUT2D eigenvalue weighted by molar-refractivity contribution is 0.209. The van der Waals surface area contributed by atoms with E-state index in [1.807, 2.05) is 11.3 Å². The predicted octanol–water partition coefficient (Wildman–Crippen LogP) is 4.96. The molecule has 104 valence electrons. The Morgan fingerprint density at radius 1 is 1.17 bits per heavy atom. The van der Waals surface area contributed by atoms with Crippen molar-refractivity contribution < 1.29 is 0 Å². The summed E-state index contributed by atoms with van der Waals surface area (Å²) >= 11 is 5.41. The summed E-state index contributed by atoms with van der Waals surface area (Å²) in [5.41, 5.74) is 0. The molecule has 0 amide bonds. The number of halogens is 1. The molecule has 1 aromatic heterocycles. The van der Waals surface area contributed by atoms with Gasteiger partial charge in [-0.25, -0.2) is 0 Å². The van der Waals surface area contributed by atoms with E-state index in [0.29, 0.717) is 6.04 Å². The van der Waals surface area contributed by atoms with Gasteiger partial charge in [0.1, 0.15) is 0 Å². The summed E-state index contributed by atoms with van der Waals surface area (Å²) in [4.78, 5) is 1.47. The molecule has 0 aliphatic rings. The summed E-state index contributed by atoms with van der Waals surface area (Å²) < 4.78 is 1.23. The molecular weight excluding hydrogens is 306 g/mol. The topological polar surface area (TPSA) is 12.0 Å². The Kier molecular flexibility index (Phi) is 6.89. The molecule has 0 fully saturated rings. The van der Waals surface area contributed by atoms with Gasteiger partial charge in [-0.05, 0) is 58.8 Å². The van der Waals surface area contributed by atoms with Gasteiger partial charge in [0.25, 0.3) is 0 Å². The Balaban J connectivity index is 2.79. The smallest absolute Gasteiger partial charge is 0.0701 e. The van der Waals surface area contributed by atoms with Crippen molar-refractivity contribution in [2.24, 2.45) is 17.8 Å². The minimum atomic E-state index is 0.584. The second kappa shape index (κ2) is 7.66. The summed E-state index contributed by atoms with van der Waals surface area (Å²) in [5.74, 6) is 2.17. The van der Waals surface area contributed by atoms with Crippen LogP contribution >= 0.6 is 27.3 Å². The molecule has 1 nitrogen and oxygen atoms in total. The summed E-state index contributed by atoms with van der Waals surface area (Å²) in [7, 11) is 0. The molecule has 3 heteroatoms. The first-order valence-electron chi connectivity index (χ1n) is 6.93. The lowest BCUT2D eigenvalue weighted by Gasteiger charge is -2.34. The van der Waals surface area contributed by atoms with Gasteiger partial charge < -0.3 is 5.32 Å². The Labute approximate surface area is 125 Å². The quantitative estimate of drug-likeness (QED) is 0.744. The van der Waals surface area contributed by atoms with E-state index in [1.54, 1.807) is 0 Å². The largest absolute Gasteiger partial charge is 0.314 e. The highest BCUT2D eigenvalue weighted by Crippen LogP contribution is 2.29. The zero-order valence-corrected chi connectivity index (χ0v) is 14.6. The highest BCUT2D eigenvalue weighted by atomic mass is 79.9. The second-order valence-electron chi connectivity index (χ2n) is 5.64. The van der Waals surface area contributed by atoms with E-state index >= 15 is 0 Å². The fourth-order valence-electron chi connectivity index (χ4n) is 2.98. The second-order valence-corrected chi connectivity index (χ2v) is 8.19. The fraction of sp³-hybridized carbons (Fsp3) is 0.733. The first kappa shape index (κ1) is 16.2. The Hall–Kier alpha value is 0.140. The molecule has 1 atom stereocenters. The number of nitrogens with one attached hydrogen (secondary N) is 1. The van der Waals surface area contributed by atoms with Crippen molar-refractivity contribution >= 4 is 27.3 Å². The monoisotopic (exact) mass is 331 g/mol. The van der Waals surface area contributed by atoms with Crippen molar-refractivity contribution in [1.29, 1.82) is 0 Å². The Bertz CT molecular complexity index is 338. The van der Waals surface area contributed by atoms with Gasteiger partial charge in [-0.1, -0.05) is 34.6 Å². The lowest BCUT2D eigenvalue weighted by atomic mass is 9.78. The van der Waals surface area contributed by atoms with Gasteiger partial charge in [0.2, 0.25) is 0 Å². The van der Waals surface area contributed by atoms with Crippen LogP contribution in [-0.2, 0) is 6.42 Å². The van der Waals surface area contributed by atoms with Crippen LogP contribution in [0.4, 0.5) is 0 Å². The third kappa shape index (κ3) is 4.67. The highest BCUT2D eigenvalue weighted by Gasteiger charge is 2.27. The van der Waals surface area contributed by atoms with Gasteiger partial charge in [-0.2, -0.15) is 0 Å². The number of rotatable bonds is 7. The van der Waals surface area contributed by atoms with Crippen LogP contribution in [0.15, 0.2) is 15.9 Å². The molecule has 0 saturated heterocycles. The zero-order chi connectivity index (χ0) is 13.7. The van der Waals surface area contributed by atoms with E-state index in [-0.39, 0.29) is 0 Å². The van der Waals surface area contributed by atoms with Gasteiger partial charge in [0, 0.05) is 10.9 Å². The Morgan fingerprint density at radius 2 is 1.78 bits per heavy atom. The predicted molar refractivity (Wildman–Crippen MR) is 86.4 cm³/mol. The molecule has 0 aliphatic heterocycles. The van der Waals surface area contributed by atoms with Crippen LogP contribution in [0.25, 0.3) is 0 Å². The average molecular weight is 332 g/mol. The molecule has 1 unspecified atom stereocenters. The summed E-state index contributed by atoms with van der Waals surface area (Å²) in [5, 5.41) is 3.69. The zero-order valence-electron chi connectivity index (χ0n) is 12.2. The van der Waals surface area contributed by atoms with Crippen LogP contribution in [-0.4, -0.2) is 12.6 Å². The summed E-state index contributed by atoms with van der Waals surface area (Å²) in [6.45, 7) is 12.6. The molecule has 1 rings (SSSR count). The third-order valence-corrected chi connectivity index (χ3v) is 5.17. The maximum atomic E-state index is 3.69. The fourth-order valence-corrected chi connectivity index (χ4v) is 4.53. The molecule has 0 radical (unpaired) electrons. The van der Waals surface area contributed by atoms with Gasteiger partial charge in [-0.3, -0.25) is 0 Å². The SMILES string of the molecule is CCNC(Cc1ccc(Br)s1)C(C(C)C)C(C)C. The first-order chi connectivity index (χ1) is 8.45. The molecule has 1 aromatic rings. The van der Waals surface area contributed by atoms with Crippen LogP contribution in [0, 0.1) is 17.8 Å². The molecule has 0 aromatic carbocycles. The minimum absolute atomic E-state index is 0.584. The molecule has 0 spiro atoms. The first-order valence-corrected chi connectivity index (χ1v) is 8.54. The van der Waals surface area contributed by atoms with Crippen LogP contribution in [0.2, 0.25) is 0 Å². The van der Waals surface area contributed by atoms with Gasteiger partial charge in [0.05, 0.1) is 3.79 Å². The van der Waals surface area contributed by atoms with E-state index in [2.05, 4.69) is 68.0 Å². The minimum Gasteiger partial charge on any atom is -0.314 e. The number of hydrogen-bond donors (Lipinski definition) is 1. The van der Waals surface area contributed by atoms with Crippen molar-refractivity contribution in [2.45, 2.75) is 47.1 Å². The number of likely N-dealkylation sites (N-methyl/N-ethyl adjacent to an activating group) is 1. The Morgan fingerprint density at radius 3 is 2.17 bits per heavy atom. The van der Waals surface area contributed by atoms with Crippen molar-refractivity contribution in [1.82, 2.24) is 5.32 Å². The average Bonchev–Trinajstić information content (AvgIpc) is 2.63. The van der Waals surface area contributed by atoms with Gasteiger partial charge in [-0.15, -0.1) is 11.3 Å². The van der Waals surface area contributed by atoms with Crippen LogP contribution < -0.4 is 5.32 Å². The molecule has 18 heavy (non-hydrogen) atoms.